The van der Waals surface area contributed by atoms with Gasteiger partial charge in [0.2, 0.25) is 11.2 Å². The van der Waals surface area contributed by atoms with Crippen molar-refractivity contribution >= 4 is 33.9 Å². The summed E-state index contributed by atoms with van der Waals surface area (Å²) in [5, 5.41) is 0.486. The first-order valence-corrected chi connectivity index (χ1v) is 8.76. The summed E-state index contributed by atoms with van der Waals surface area (Å²) in [6.45, 7) is 0.202. The summed E-state index contributed by atoms with van der Waals surface area (Å²) in [4.78, 5) is 17.7. The van der Waals surface area contributed by atoms with Gasteiger partial charge in [-0.25, -0.2) is 4.98 Å². The third kappa shape index (κ3) is 3.16. The molecule has 0 spiro atoms. The number of ether oxygens (including phenoxy) is 1. The molecule has 2 heterocycles. The van der Waals surface area contributed by atoms with Crippen LogP contribution in [0.4, 0.5) is 0 Å². The lowest BCUT2D eigenvalue weighted by atomic mass is 10.1. The molecule has 0 radical (unpaired) electrons. The summed E-state index contributed by atoms with van der Waals surface area (Å²) >= 11 is 7.17. The fraction of sp³-hybridized carbons (Fsp3) is 0.0526. The molecule has 2 aromatic heterocycles. The van der Waals surface area contributed by atoms with Crippen LogP contribution in [0, 0.1) is 0 Å². The minimum Gasteiger partial charge on any atom is -0.480 e. The van der Waals surface area contributed by atoms with Gasteiger partial charge in [0.15, 0.2) is 10.2 Å². The molecule has 124 valence electrons. The SMILES string of the molecule is O=c1c(OCc2cnc(Cl)s2)c(-c2ccccc2)oc2ccccc12. The van der Waals surface area contributed by atoms with Crippen molar-refractivity contribution in [2.24, 2.45) is 0 Å². The van der Waals surface area contributed by atoms with Gasteiger partial charge in [0, 0.05) is 11.8 Å². The number of aromatic nitrogens is 1. The van der Waals surface area contributed by atoms with Crippen LogP contribution in [0.1, 0.15) is 4.88 Å². The molecule has 0 fully saturated rings. The lowest BCUT2D eigenvalue weighted by Crippen LogP contribution is -2.09. The zero-order valence-corrected chi connectivity index (χ0v) is 14.5. The monoisotopic (exact) mass is 369 g/mol. The molecule has 0 atom stereocenters. The van der Waals surface area contributed by atoms with Crippen molar-refractivity contribution in [3.05, 3.63) is 80.4 Å². The van der Waals surface area contributed by atoms with Gasteiger partial charge in [0.25, 0.3) is 0 Å². The van der Waals surface area contributed by atoms with Crippen LogP contribution >= 0.6 is 22.9 Å². The van der Waals surface area contributed by atoms with E-state index < -0.39 is 0 Å². The van der Waals surface area contributed by atoms with Gasteiger partial charge < -0.3 is 9.15 Å². The summed E-state index contributed by atoms with van der Waals surface area (Å²) in [7, 11) is 0. The maximum absolute atomic E-state index is 12.9. The third-order valence-electron chi connectivity index (χ3n) is 3.68. The van der Waals surface area contributed by atoms with Crippen LogP contribution in [-0.4, -0.2) is 4.98 Å². The van der Waals surface area contributed by atoms with Gasteiger partial charge in [0.05, 0.1) is 10.3 Å². The van der Waals surface area contributed by atoms with E-state index in [9.17, 15) is 4.79 Å². The Morgan fingerprint density at radius 2 is 1.84 bits per heavy atom. The molecule has 0 unspecified atom stereocenters. The Bertz CT molecular complexity index is 1090. The number of fused-ring (bicyclic) bond motifs is 1. The van der Waals surface area contributed by atoms with E-state index in [4.69, 9.17) is 20.8 Å². The molecular formula is C19H12ClNO3S. The van der Waals surface area contributed by atoms with Crippen molar-refractivity contribution in [1.82, 2.24) is 4.98 Å². The van der Waals surface area contributed by atoms with E-state index in [2.05, 4.69) is 4.98 Å². The first kappa shape index (κ1) is 15.9. The van der Waals surface area contributed by atoms with E-state index in [-0.39, 0.29) is 17.8 Å². The molecule has 0 aliphatic heterocycles. The molecule has 4 nitrogen and oxygen atoms in total. The highest BCUT2D eigenvalue weighted by atomic mass is 35.5. The molecular weight excluding hydrogens is 358 g/mol. The lowest BCUT2D eigenvalue weighted by Gasteiger charge is -2.11. The highest BCUT2D eigenvalue weighted by Crippen LogP contribution is 2.31. The number of nitrogens with zero attached hydrogens (tertiary/aromatic N) is 1. The maximum atomic E-state index is 12.9. The van der Waals surface area contributed by atoms with E-state index in [0.717, 1.165) is 10.4 Å². The van der Waals surface area contributed by atoms with Crippen molar-refractivity contribution in [3.63, 3.8) is 0 Å². The van der Waals surface area contributed by atoms with Crippen LogP contribution in [0.2, 0.25) is 4.47 Å². The van der Waals surface area contributed by atoms with Crippen LogP contribution < -0.4 is 10.2 Å². The lowest BCUT2D eigenvalue weighted by molar-refractivity contribution is 0.301. The summed E-state index contributed by atoms with van der Waals surface area (Å²) < 4.78 is 12.3. The van der Waals surface area contributed by atoms with Crippen LogP contribution in [0.25, 0.3) is 22.3 Å². The fourth-order valence-electron chi connectivity index (χ4n) is 2.53. The first-order valence-electron chi connectivity index (χ1n) is 7.56. The summed E-state index contributed by atoms with van der Waals surface area (Å²) in [5.41, 5.74) is 1.11. The highest BCUT2D eigenvalue weighted by molar-refractivity contribution is 7.15. The van der Waals surface area contributed by atoms with Crippen molar-refractivity contribution < 1.29 is 9.15 Å². The quantitative estimate of drug-likeness (QED) is 0.499. The van der Waals surface area contributed by atoms with Gasteiger partial charge in [-0.15, -0.1) is 11.3 Å². The molecule has 0 aliphatic rings. The van der Waals surface area contributed by atoms with Crippen molar-refractivity contribution in [3.8, 4) is 17.1 Å². The van der Waals surface area contributed by atoms with Crippen molar-refractivity contribution in [1.29, 1.82) is 0 Å². The molecule has 0 N–H and O–H groups in total. The topological polar surface area (TPSA) is 52.3 Å². The predicted octanol–water partition coefficient (Wildman–Crippen LogP) is 5.15. The van der Waals surface area contributed by atoms with Crippen LogP contribution in [0.3, 0.4) is 0 Å². The zero-order chi connectivity index (χ0) is 17.2. The molecule has 6 heteroatoms. The number of hydrogen-bond donors (Lipinski definition) is 0. The average Bonchev–Trinajstić information content (AvgIpc) is 3.07. The van der Waals surface area contributed by atoms with Gasteiger partial charge in [-0.05, 0) is 12.1 Å². The van der Waals surface area contributed by atoms with Gasteiger partial charge >= 0.3 is 0 Å². The molecule has 4 rings (SSSR count). The summed E-state index contributed by atoms with van der Waals surface area (Å²) in [6.07, 6.45) is 1.64. The van der Waals surface area contributed by atoms with Gasteiger partial charge in [-0.2, -0.15) is 0 Å². The minimum absolute atomic E-state index is 0.189. The molecule has 25 heavy (non-hydrogen) atoms. The highest BCUT2D eigenvalue weighted by Gasteiger charge is 2.17. The van der Waals surface area contributed by atoms with E-state index in [1.807, 2.05) is 36.4 Å². The van der Waals surface area contributed by atoms with E-state index >= 15 is 0 Å². The zero-order valence-electron chi connectivity index (χ0n) is 12.9. The predicted molar refractivity (Wildman–Crippen MR) is 99.4 cm³/mol. The number of hydrogen-bond acceptors (Lipinski definition) is 5. The second-order valence-electron chi connectivity index (χ2n) is 5.32. The molecule has 2 aromatic carbocycles. The Hall–Kier alpha value is -2.63. The minimum atomic E-state index is -0.198. The molecule has 0 amide bonds. The second kappa shape index (κ2) is 6.70. The number of benzene rings is 2. The van der Waals surface area contributed by atoms with Crippen molar-refractivity contribution in [2.45, 2.75) is 6.61 Å². The van der Waals surface area contributed by atoms with E-state index in [1.54, 1.807) is 24.4 Å². The van der Waals surface area contributed by atoms with E-state index in [1.165, 1.54) is 11.3 Å². The van der Waals surface area contributed by atoms with Crippen LogP contribution in [-0.2, 0) is 6.61 Å². The summed E-state index contributed by atoms with van der Waals surface area (Å²) in [5.74, 6) is 0.606. The summed E-state index contributed by atoms with van der Waals surface area (Å²) in [6, 6.07) is 16.6. The largest absolute Gasteiger partial charge is 0.480 e. The number of rotatable bonds is 4. The Morgan fingerprint density at radius 3 is 2.60 bits per heavy atom. The molecule has 0 saturated carbocycles. The van der Waals surface area contributed by atoms with Gasteiger partial charge in [-0.1, -0.05) is 54.1 Å². The number of para-hydroxylation sites is 1. The standard InChI is InChI=1S/C19H12ClNO3S/c20-19-21-10-13(25-19)11-23-18-16(22)14-8-4-5-9-15(14)24-17(18)12-6-2-1-3-7-12/h1-10H,11H2. The molecule has 0 saturated heterocycles. The molecule has 4 aromatic rings. The average molecular weight is 370 g/mol. The number of halogens is 1. The van der Waals surface area contributed by atoms with Crippen LogP contribution in [0.5, 0.6) is 5.75 Å². The van der Waals surface area contributed by atoms with Gasteiger partial charge in [-0.3, -0.25) is 4.79 Å². The first-order chi connectivity index (χ1) is 12.2. The Balaban J connectivity index is 1.84. The van der Waals surface area contributed by atoms with Gasteiger partial charge in [0.1, 0.15) is 12.2 Å². The molecule has 0 aliphatic carbocycles. The smallest absolute Gasteiger partial charge is 0.235 e. The Morgan fingerprint density at radius 1 is 1.08 bits per heavy atom. The second-order valence-corrected chi connectivity index (χ2v) is 7.02. The number of thiazole rings is 1. The Kier molecular flexibility index (Phi) is 4.26. The van der Waals surface area contributed by atoms with Crippen molar-refractivity contribution in [2.75, 3.05) is 0 Å². The van der Waals surface area contributed by atoms with Crippen LogP contribution in [0.15, 0.2) is 70.0 Å². The molecule has 0 bridgehead atoms. The maximum Gasteiger partial charge on any atom is 0.235 e. The normalized spacial score (nSPS) is 10.9. The fourth-order valence-corrected chi connectivity index (χ4v) is 3.42. The van der Waals surface area contributed by atoms with E-state index in [0.29, 0.717) is 21.2 Å². The Labute approximate surface area is 152 Å². The third-order valence-corrected chi connectivity index (χ3v) is 4.76.